The van der Waals surface area contributed by atoms with Gasteiger partial charge in [0.15, 0.2) is 0 Å². The summed E-state index contributed by atoms with van der Waals surface area (Å²) in [5.74, 6) is -2.71. The van der Waals surface area contributed by atoms with E-state index in [-0.39, 0.29) is 23.7 Å². The van der Waals surface area contributed by atoms with Crippen LogP contribution < -0.4 is 15.8 Å². The van der Waals surface area contributed by atoms with Crippen molar-refractivity contribution in [1.82, 2.24) is 15.8 Å². The number of nitrogens with zero attached hydrogens (tertiary/aromatic N) is 2. The van der Waals surface area contributed by atoms with Gasteiger partial charge in [0.1, 0.15) is 5.82 Å². The Labute approximate surface area is 191 Å². The van der Waals surface area contributed by atoms with Gasteiger partial charge >= 0.3 is 18.1 Å². The highest BCUT2D eigenvalue weighted by atomic mass is 32.2. The van der Waals surface area contributed by atoms with Crippen LogP contribution in [-0.2, 0) is 11.3 Å². The minimum atomic E-state index is -5.18. The van der Waals surface area contributed by atoms with Crippen molar-refractivity contribution >= 4 is 35.3 Å². The second-order valence-corrected chi connectivity index (χ2v) is 8.24. The second-order valence-electron chi connectivity index (χ2n) is 7.02. The average molecular weight is 484 g/mol. The van der Waals surface area contributed by atoms with E-state index in [2.05, 4.69) is 0 Å². The van der Waals surface area contributed by atoms with Gasteiger partial charge in [-0.1, -0.05) is 24.3 Å². The number of carbonyl (C=O) groups excluding carboxylic acids is 3. The monoisotopic (exact) mass is 484 g/mol. The van der Waals surface area contributed by atoms with E-state index in [0.29, 0.717) is 18.8 Å². The highest BCUT2D eigenvalue weighted by Gasteiger charge is 2.39. The molecule has 0 aliphatic carbocycles. The summed E-state index contributed by atoms with van der Waals surface area (Å²) in [6.45, 7) is 1.02. The van der Waals surface area contributed by atoms with Crippen LogP contribution in [-0.4, -0.2) is 53.5 Å². The van der Waals surface area contributed by atoms with Gasteiger partial charge in [0.05, 0.1) is 6.54 Å². The van der Waals surface area contributed by atoms with Gasteiger partial charge in [-0.25, -0.2) is 9.18 Å². The molecule has 1 aliphatic rings. The number of para-hydroxylation sites is 1. The summed E-state index contributed by atoms with van der Waals surface area (Å²) in [6, 6.07) is 11.7. The molecule has 1 fully saturated rings. The van der Waals surface area contributed by atoms with Crippen molar-refractivity contribution in [1.29, 1.82) is 0 Å². The molecule has 1 aliphatic heterocycles. The molecule has 0 atom stereocenters. The molecule has 2 aromatic carbocycles. The fraction of sp³-hybridized carbons (Fsp3) is 0.286. The number of nitrogens with one attached hydrogen (secondary N) is 2. The molecule has 2 aromatic rings. The number of hydrogen-bond donors (Lipinski definition) is 2. The Kier molecular flexibility index (Phi) is 7.79. The van der Waals surface area contributed by atoms with Crippen molar-refractivity contribution in [3.8, 4) is 0 Å². The van der Waals surface area contributed by atoms with Gasteiger partial charge in [-0.3, -0.25) is 25.3 Å². The second kappa shape index (κ2) is 10.6. The van der Waals surface area contributed by atoms with Gasteiger partial charge in [-0.05, 0) is 24.3 Å². The van der Waals surface area contributed by atoms with Crippen LogP contribution in [0.1, 0.15) is 15.9 Å². The lowest BCUT2D eigenvalue weighted by atomic mass is 10.1. The Morgan fingerprint density at radius 2 is 1.67 bits per heavy atom. The normalized spacial score (nSPS) is 13.9. The zero-order valence-electron chi connectivity index (χ0n) is 17.2. The summed E-state index contributed by atoms with van der Waals surface area (Å²) >= 11 is 1.74. The molecule has 1 heterocycles. The molecular formula is C21H20F4N4O3S. The number of anilines is 1. The van der Waals surface area contributed by atoms with Gasteiger partial charge in [0.2, 0.25) is 0 Å². The largest absolute Gasteiger partial charge is 0.472 e. The molecule has 33 heavy (non-hydrogen) atoms. The summed E-state index contributed by atoms with van der Waals surface area (Å²) in [6.07, 6.45) is -5.18. The lowest BCUT2D eigenvalue weighted by Gasteiger charge is -2.33. The number of carbonyl (C=O) groups is 3. The van der Waals surface area contributed by atoms with Crippen LogP contribution in [0.2, 0.25) is 0 Å². The first-order chi connectivity index (χ1) is 15.7. The first-order valence-corrected chi connectivity index (χ1v) is 11.0. The number of hydrazine groups is 1. The summed E-state index contributed by atoms with van der Waals surface area (Å²) in [4.78, 5) is 39.0. The third-order valence-corrected chi connectivity index (χ3v) is 5.71. The number of rotatable bonds is 4. The van der Waals surface area contributed by atoms with Crippen molar-refractivity contribution in [2.24, 2.45) is 0 Å². The molecule has 7 nitrogen and oxygen atoms in total. The fourth-order valence-electron chi connectivity index (χ4n) is 3.05. The van der Waals surface area contributed by atoms with Crippen LogP contribution in [0.25, 0.3) is 0 Å². The first kappa shape index (κ1) is 24.4. The van der Waals surface area contributed by atoms with E-state index in [1.165, 1.54) is 22.5 Å². The first-order valence-electron chi connectivity index (χ1n) is 9.82. The third kappa shape index (κ3) is 6.37. The highest BCUT2D eigenvalue weighted by molar-refractivity contribution is 7.99. The molecule has 2 N–H and O–H groups in total. The Morgan fingerprint density at radius 3 is 2.27 bits per heavy atom. The van der Waals surface area contributed by atoms with Gasteiger partial charge < -0.3 is 4.90 Å². The van der Waals surface area contributed by atoms with E-state index in [1.807, 2.05) is 0 Å². The molecule has 1 saturated heterocycles. The van der Waals surface area contributed by atoms with Crippen LogP contribution >= 0.6 is 11.8 Å². The van der Waals surface area contributed by atoms with E-state index in [0.717, 1.165) is 17.6 Å². The molecule has 176 valence electrons. The van der Waals surface area contributed by atoms with E-state index in [4.69, 9.17) is 0 Å². The molecule has 0 spiro atoms. The molecule has 4 amide bonds. The molecule has 3 rings (SSSR count). The van der Waals surface area contributed by atoms with Gasteiger partial charge in [-0.15, -0.1) is 0 Å². The number of alkyl halides is 3. The number of hydrogen-bond acceptors (Lipinski definition) is 4. The Morgan fingerprint density at radius 1 is 1.00 bits per heavy atom. The maximum Gasteiger partial charge on any atom is 0.472 e. The standard InChI is InChI=1S/C21H20F4N4O3S/c22-17-12-14(18(30)26-27-19(31)21(23,24)25)6-7-15(17)13-29(16-4-2-1-3-5-16)20(32)28-8-10-33-11-9-28/h1-7,12H,8-11,13H2,(H,26,30)(H,27,31). The highest BCUT2D eigenvalue weighted by Crippen LogP contribution is 2.22. The van der Waals surface area contributed by atoms with Crippen molar-refractivity contribution in [2.75, 3.05) is 29.5 Å². The molecule has 0 aromatic heterocycles. The van der Waals surface area contributed by atoms with Crippen LogP contribution in [0.5, 0.6) is 0 Å². The molecule has 12 heteroatoms. The fourth-order valence-corrected chi connectivity index (χ4v) is 3.95. The summed E-state index contributed by atoms with van der Waals surface area (Å²) in [5.41, 5.74) is 3.17. The predicted molar refractivity (Wildman–Crippen MR) is 115 cm³/mol. The summed E-state index contributed by atoms with van der Waals surface area (Å²) in [7, 11) is 0. The van der Waals surface area contributed by atoms with E-state index < -0.39 is 23.8 Å². The Bertz CT molecular complexity index is 1010. The lowest BCUT2D eigenvalue weighted by Crippen LogP contribution is -2.47. The van der Waals surface area contributed by atoms with Crippen LogP contribution in [0.4, 0.5) is 28.0 Å². The maximum atomic E-state index is 14.8. The molecule has 0 radical (unpaired) electrons. The van der Waals surface area contributed by atoms with Gasteiger partial charge in [-0.2, -0.15) is 24.9 Å². The smallest absolute Gasteiger partial charge is 0.323 e. The Balaban J connectivity index is 1.76. The van der Waals surface area contributed by atoms with Crippen LogP contribution in [0.3, 0.4) is 0 Å². The zero-order valence-corrected chi connectivity index (χ0v) is 18.0. The topological polar surface area (TPSA) is 81.8 Å². The van der Waals surface area contributed by atoms with E-state index >= 15 is 0 Å². The average Bonchev–Trinajstić information content (AvgIpc) is 2.81. The van der Waals surface area contributed by atoms with Crippen LogP contribution in [0, 0.1) is 5.82 Å². The molecule has 0 bridgehead atoms. The van der Waals surface area contributed by atoms with Gasteiger partial charge in [0, 0.05) is 41.4 Å². The van der Waals surface area contributed by atoms with E-state index in [1.54, 1.807) is 52.4 Å². The number of thioether (sulfide) groups is 1. The summed E-state index contributed by atoms with van der Waals surface area (Å²) < 4.78 is 51.4. The van der Waals surface area contributed by atoms with Gasteiger partial charge in [0.25, 0.3) is 5.91 Å². The number of urea groups is 1. The molecule has 0 unspecified atom stereocenters. The molecular weight excluding hydrogens is 464 g/mol. The van der Waals surface area contributed by atoms with Crippen LogP contribution in [0.15, 0.2) is 48.5 Å². The predicted octanol–water partition coefficient (Wildman–Crippen LogP) is 3.32. The lowest BCUT2D eigenvalue weighted by molar-refractivity contribution is -0.174. The number of amides is 4. The maximum absolute atomic E-state index is 14.8. The van der Waals surface area contributed by atoms with Crippen molar-refractivity contribution in [3.63, 3.8) is 0 Å². The quantitative estimate of drug-likeness (QED) is 0.516. The van der Waals surface area contributed by atoms with Crippen molar-refractivity contribution in [3.05, 3.63) is 65.5 Å². The number of benzene rings is 2. The zero-order chi connectivity index (χ0) is 24.0. The minimum absolute atomic E-state index is 0.106. The van der Waals surface area contributed by atoms with Crippen molar-refractivity contribution < 1.29 is 31.9 Å². The minimum Gasteiger partial charge on any atom is -0.323 e. The van der Waals surface area contributed by atoms with Crippen molar-refractivity contribution in [2.45, 2.75) is 12.7 Å². The Hall–Kier alpha value is -3.28. The third-order valence-electron chi connectivity index (χ3n) is 4.77. The number of halogens is 4. The molecule has 0 saturated carbocycles. The van der Waals surface area contributed by atoms with E-state index in [9.17, 15) is 31.9 Å². The summed E-state index contributed by atoms with van der Waals surface area (Å²) in [5, 5.41) is 0. The SMILES string of the molecule is O=C(NNC(=O)C(F)(F)F)c1ccc(CN(C(=O)N2CCSCC2)c2ccccc2)c(F)c1.